The molecule has 8 N–H and O–H groups in total. The van der Waals surface area contributed by atoms with Crippen LogP contribution in [0.25, 0.3) is 0 Å². The maximum Gasteiger partial charge on any atom is 0.522 e. The Morgan fingerprint density at radius 2 is 2.00 bits per heavy atom. The second-order valence-electron chi connectivity index (χ2n) is 2.81. The van der Waals surface area contributed by atoms with Crippen molar-refractivity contribution < 1.29 is 9.98 Å². The number of rotatable bonds is 1. The van der Waals surface area contributed by atoms with E-state index in [4.69, 9.17) is 22.5 Å². The molecule has 0 aromatic heterocycles. The van der Waals surface area contributed by atoms with Crippen molar-refractivity contribution in [2.45, 2.75) is 0 Å². The molecule has 0 fully saturated rings. The van der Waals surface area contributed by atoms with Crippen LogP contribution in [0.1, 0.15) is 5.56 Å². The van der Waals surface area contributed by atoms with E-state index in [-0.39, 0.29) is 11.9 Å². The van der Waals surface area contributed by atoms with E-state index in [9.17, 15) is 0 Å². The van der Waals surface area contributed by atoms with Crippen molar-refractivity contribution in [3.8, 4) is 6.07 Å². The lowest BCUT2D eigenvalue weighted by molar-refractivity contribution is -0.459. The van der Waals surface area contributed by atoms with Crippen LogP contribution in [0.2, 0.25) is 0 Å². The number of guanidine groups is 2. The van der Waals surface area contributed by atoms with Crippen molar-refractivity contribution in [2.24, 2.45) is 17.2 Å². The molecular weight excluding hydrogens is 192 g/mol. The van der Waals surface area contributed by atoms with E-state index in [1.807, 2.05) is 6.07 Å². The zero-order valence-electron chi connectivity index (χ0n) is 7.99. The minimum atomic E-state index is -0.00330. The number of nitrogens with one attached hydrogen (secondary N) is 2. The lowest BCUT2D eigenvalue weighted by Gasteiger charge is -1.88. The van der Waals surface area contributed by atoms with Gasteiger partial charge in [0.05, 0.1) is 11.6 Å². The Bertz CT molecular complexity index is 450. The average Bonchev–Trinajstić information content (AvgIpc) is 2.16. The zero-order valence-corrected chi connectivity index (χ0v) is 7.99. The quantitative estimate of drug-likeness (QED) is 0.235. The lowest BCUT2D eigenvalue weighted by atomic mass is 10.2. The Hall–Kier alpha value is -2.55. The number of nitriles is 1. The molecule has 0 radical (unpaired) electrons. The van der Waals surface area contributed by atoms with E-state index in [1.54, 1.807) is 24.3 Å². The van der Waals surface area contributed by atoms with Crippen molar-refractivity contribution in [1.29, 1.82) is 5.26 Å². The van der Waals surface area contributed by atoms with E-state index in [0.29, 0.717) is 11.3 Å². The van der Waals surface area contributed by atoms with Crippen LogP contribution in [0.4, 0.5) is 5.69 Å². The first-order valence-corrected chi connectivity index (χ1v) is 4.16. The standard InChI is InChI=1S/C9H10N6/c10-5-6-2-1-3-7(4-6)14-9(13)15-8(11)12/h1-4H,(H6,11,12,13,14,15)/p+2. The van der Waals surface area contributed by atoms with Gasteiger partial charge in [0.2, 0.25) is 0 Å². The fraction of sp³-hybridized carbons (Fsp3) is 0. The normalized spacial score (nSPS) is 10.5. The Morgan fingerprint density at radius 3 is 2.60 bits per heavy atom. The lowest BCUT2D eigenvalue weighted by Crippen LogP contribution is -2.96. The third-order valence-corrected chi connectivity index (χ3v) is 1.55. The molecule has 6 heteroatoms. The van der Waals surface area contributed by atoms with Crippen molar-refractivity contribution in [3.05, 3.63) is 29.8 Å². The first-order valence-electron chi connectivity index (χ1n) is 4.16. The van der Waals surface area contributed by atoms with E-state index < -0.39 is 0 Å². The topological polar surface area (TPSA) is 130 Å². The van der Waals surface area contributed by atoms with Gasteiger partial charge in [-0.2, -0.15) is 10.3 Å². The summed E-state index contributed by atoms with van der Waals surface area (Å²) >= 11 is 0. The van der Waals surface area contributed by atoms with Crippen LogP contribution in [0.5, 0.6) is 0 Å². The molecule has 1 aromatic rings. The highest BCUT2D eigenvalue weighted by atomic mass is 15.1. The van der Waals surface area contributed by atoms with Crippen LogP contribution in [-0.4, -0.2) is 11.9 Å². The molecule has 0 saturated carbocycles. The highest BCUT2D eigenvalue weighted by Crippen LogP contribution is 2.02. The third kappa shape index (κ3) is 3.36. The number of hydrogen-bond donors (Lipinski definition) is 5. The van der Waals surface area contributed by atoms with Crippen LogP contribution >= 0.6 is 0 Å². The number of nitrogens with two attached hydrogens (primary N) is 3. The van der Waals surface area contributed by atoms with Gasteiger partial charge < -0.3 is 11.5 Å². The summed E-state index contributed by atoms with van der Waals surface area (Å²) in [6.07, 6.45) is 0. The molecule has 1 aromatic carbocycles. The van der Waals surface area contributed by atoms with Gasteiger partial charge in [-0.25, -0.2) is 5.73 Å². The first kappa shape index (κ1) is 10.5. The predicted molar refractivity (Wildman–Crippen MR) is 55.3 cm³/mol. The maximum absolute atomic E-state index is 8.67. The Morgan fingerprint density at radius 1 is 1.27 bits per heavy atom. The molecule has 0 atom stereocenters. The molecule has 0 unspecified atom stereocenters. The summed E-state index contributed by atoms with van der Waals surface area (Å²) in [4.78, 5) is 5.30. The molecule has 0 bridgehead atoms. The molecule has 0 aliphatic carbocycles. The maximum atomic E-state index is 8.67. The van der Waals surface area contributed by atoms with Crippen molar-refractivity contribution >= 4 is 17.6 Å². The van der Waals surface area contributed by atoms with Crippen molar-refractivity contribution in [3.63, 3.8) is 0 Å². The summed E-state index contributed by atoms with van der Waals surface area (Å²) in [7, 11) is 0. The van der Waals surface area contributed by atoms with E-state index >= 15 is 0 Å². The molecule has 1 rings (SSSR count). The zero-order chi connectivity index (χ0) is 11.3. The second kappa shape index (κ2) is 4.62. The predicted octanol–water partition coefficient (Wildman–Crippen LogP) is -4.06. The molecule has 0 amide bonds. The third-order valence-electron chi connectivity index (χ3n) is 1.55. The summed E-state index contributed by atoms with van der Waals surface area (Å²) in [6.45, 7) is 0. The summed E-state index contributed by atoms with van der Waals surface area (Å²) in [5.74, 6) is 0.196. The van der Waals surface area contributed by atoms with Crippen LogP contribution in [0, 0.1) is 11.3 Å². The summed E-state index contributed by atoms with van der Waals surface area (Å²) in [5.41, 5.74) is 17.1. The molecule has 0 saturated heterocycles. The van der Waals surface area contributed by atoms with Gasteiger partial charge in [0.25, 0.3) is 5.96 Å². The molecule has 76 valence electrons. The molecule has 15 heavy (non-hydrogen) atoms. The van der Waals surface area contributed by atoms with Gasteiger partial charge in [0, 0.05) is 6.07 Å². The van der Waals surface area contributed by atoms with Gasteiger partial charge in [-0.3, -0.25) is 0 Å². The van der Waals surface area contributed by atoms with Gasteiger partial charge in [0.15, 0.2) is 5.69 Å². The number of hydrogen-bond acceptors (Lipinski definition) is 1. The van der Waals surface area contributed by atoms with E-state index in [2.05, 4.69) is 9.98 Å². The van der Waals surface area contributed by atoms with E-state index in [1.165, 1.54) is 0 Å². The highest BCUT2D eigenvalue weighted by Gasteiger charge is 2.04. The van der Waals surface area contributed by atoms with Crippen LogP contribution in [-0.2, 0) is 0 Å². The number of nitrogens with zero attached hydrogens (tertiary/aromatic N) is 1. The summed E-state index contributed by atoms with van der Waals surface area (Å²) in [6, 6.07) is 8.87. The van der Waals surface area contributed by atoms with Gasteiger partial charge in [-0.1, -0.05) is 6.07 Å². The molecule has 0 spiro atoms. The van der Waals surface area contributed by atoms with Crippen molar-refractivity contribution in [1.82, 2.24) is 0 Å². The Kier molecular flexibility index (Phi) is 3.24. The minimum Gasteiger partial charge on any atom is -0.345 e. The van der Waals surface area contributed by atoms with Gasteiger partial charge >= 0.3 is 5.96 Å². The SMILES string of the molecule is N#Cc1cccc([NH+]=C(N)[NH+]=C(N)N)c1. The average molecular weight is 204 g/mol. The molecule has 6 nitrogen and oxygen atoms in total. The first-order chi connectivity index (χ1) is 7.11. The van der Waals surface area contributed by atoms with Gasteiger partial charge in [-0.05, 0) is 12.1 Å². The summed E-state index contributed by atoms with van der Waals surface area (Å²) in [5, 5.41) is 8.67. The van der Waals surface area contributed by atoms with Crippen LogP contribution in [0.15, 0.2) is 24.3 Å². The fourth-order valence-corrected chi connectivity index (χ4v) is 1.01. The van der Waals surface area contributed by atoms with Crippen molar-refractivity contribution in [2.75, 3.05) is 0 Å². The molecule has 0 aliphatic heterocycles. The molecular formula is C9H12N6+2. The van der Waals surface area contributed by atoms with E-state index in [0.717, 1.165) is 0 Å². The van der Waals surface area contributed by atoms with Crippen LogP contribution in [0.3, 0.4) is 0 Å². The smallest absolute Gasteiger partial charge is 0.345 e. The largest absolute Gasteiger partial charge is 0.522 e. The monoisotopic (exact) mass is 204 g/mol. The highest BCUT2D eigenvalue weighted by molar-refractivity contribution is 5.75. The summed E-state index contributed by atoms with van der Waals surface area (Å²) < 4.78 is 0. The minimum absolute atomic E-state index is 0.00330. The second-order valence-corrected chi connectivity index (χ2v) is 2.81. The Labute approximate surface area is 86.7 Å². The number of benzene rings is 1. The van der Waals surface area contributed by atoms with Crippen LogP contribution < -0.4 is 27.2 Å². The van der Waals surface area contributed by atoms with Gasteiger partial charge in [-0.15, -0.1) is 4.99 Å². The molecule has 0 aliphatic rings. The van der Waals surface area contributed by atoms with Gasteiger partial charge in [0.1, 0.15) is 0 Å². The fourth-order valence-electron chi connectivity index (χ4n) is 1.01. The Balaban J connectivity index is 2.99. The molecule has 0 heterocycles.